The van der Waals surface area contributed by atoms with Gasteiger partial charge in [-0.15, -0.1) is 0 Å². The number of likely N-dealkylation sites (tertiary alicyclic amines) is 1. The van der Waals surface area contributed by atoms with Crippen LogP contribution in [0.4, 0.5) is 0 Å². The summed E-state index contributed by atoms with van der Waals surface area (Å²) in [5, 5.41) is 6.26. The highest BCUT2D eigenvalue weighted by atomic mass is 16.5. The maximum absolute atomic E-state index is 13.5. The highest BCUT2D eigenvalue weighted by Gasteiger charge is 2.52. The Hall–Kier alpha value is -2.16. The second kappa shape index (κ2) is 10.8. The molecule has 0 aromatic carbocycles. The van der Waals surface area contributed by atoms with E-state index in [1.54, 1.807) is 9.80 Å². The molecule has 196 valence electrons. The molecule has 0 radical (unpaired) electrons. The van der Waals surface area contributed by atoms with Gasteiger partial charge in [-0.2, -0.15) is 0 Å². The molecule has 35 heavy (non-hydrogen) atoms. The minimum atomic E-state index is -0.831. The van der Waals surface area contributed by atoms with Crippen LogP contribution in [0.2, 0.25) is 0 Å². The summed E-state index contributed by atoms with van der Waals surface area (Å²) in [6.07, 6.45) is 9.37. The number of nitrogens with one attached hydrogen (secondary N) is 2. The molecular weight excluding hydrogens is 448 g/mol. The molecule has 5 fully saturated rings. The summed E-state index contributed by atoms with van der Waals surface area (Å²) in [6, 6.07) is -1.42. The maximum atomic E-state index is 13.5. The van der Waals surface area contributed by atoms with E-state index in [9.17, 15) is 19.2 Å². The first kappa shape index (κ1) is 25.9. The van der Waals surface area contributed by atoms with Crippen LogP contribution < -0.4 is 10.6 Å². The molecule has 2 N–H and O–H groups in total. The second-order valence-electron chi connectivity index (χ2n) is 11.7. The van der Waals surface area contributed by atoms with Crippen LogP contribution in [0.5, 0.6) is 0 Å². The van der Waals surface area contributed by atoms with Crippen LogP contribution in [-0.2, 0) is 23.9 Å². The molecule has 4 aliphatic carbocycles. The third-order valence-electron chi connectivity index (χ3n) is 8.50. The first-order valence-electron chi connectivity index (χ1n) is 13.3. The summed E-state index contributed by atoms with van der Waals surface area (Å²) in [6.45, 7) is 0.777. The molecule has 9 heteroatoms. The van der Waals surface area contributed by atoms with Gasteiger partial charge >= 0.3 is 5.97 Å². The number of carbonyl (C=O) groups is 4. The van der Waals surface area contributed by atoms with Crippen LogP contribution in [0.15, 0.2) is 0 Å². The van der Waals surface area contributed by atoms with E-state index in [4.69, 9.17) is 4.74 Å². The van der Waals surface area contributed by atoms with Crippen LogP contribution in [0.1, 0.15) is 70.6 Å². The predicted molar refractivity (Wildman–Crippen MR) is 130 cm³/mol. The van der Waals surface area contributed by atoms with E-state index in [1.807, 2.05) is 14.1 Å². The van der Waals surface area contributed by atoms with Gasteiger partial charge in [0.2, 0.25) is 17.7 Å². The van der Waals surface area contributed by atoms with Crippen LogP contribution in [0, 0.1) is 17.8 Å². The molecule has 0 aromatic heterocycles. The van der Waals surface area contributed by atoms with Crippen molar-refractivity contribution in [1.29, 1.82) is 0 Å². The van der Waals surface area contributed by atoms with E-state index in [2.05, 4.69) is 10.6 Å². The van der Waals surface area contributed by atoms with Gasteiger partial charge in [-0.3, -0.25) is 19.2 Å². The lowest BCUT2D eigenvalue weighted by atomic mass is 9.53. The highest BCUT2D eigenvalue weighted by molar-refractivity contribution is 5.93. The predicted octanol–water partition coefficient (Wildman–Crippen LogP) is 1.45. The summed E-state index contributed by atoms with van der Waals surface area (Å²) in [5.41, 5.74) is -0.182. The second-order valence-corrected chi connectivity index (χ2v) is 11.7. The highest BCUT2D eigenvalue weighted by Crippen LogP contribution is 2.55. The summed E-state index contributed by atoms with van der Waals surface area (Å²) in [4.78, 5) is 55.0. The largest absolute Gasteiger partial charge is 0.469 e. The topological polar surface area (TPSA) is 108 Å². The monoisotopic (exact) mass is 490 g/mol. The number of rotatable bonds is 9. The van der Waals surface area contributed by atoms with E-state index < -0.39 is 18.1 Å². The summed E-state index contributed by atoms with van der Waals surface area (Å²) >= 11 is 0. The number of carbonyl (C=O) groups excluding carboxylic acids is 4. The van der Waals surface area contributed by atoms with Crippen LogP contribution >= 0.6 is 0 Å². The molecular formula is C26H42N4O5. The molecule has 3 amide bonds. The molecule has 9 nitrogen and oxygen atoms in total. The smallest absolute Gasteiger partial charge is 0.305 e. The molecule has 2 atom stereocenters. The summed E-state index contributed by atoms with van der Waals surface area (Å²) in [5.74, 6) is 1.03. The van der Waals surface area contributed by atoms with Crippen molar-refractivity contribution in [2.75, 3.05) is 34.3 Å². The zero-order valence-electron chi connectivity index (χ0n) is 21.5. The Bertz CT molecular complexity index is 793. The maximum Gasteiger partial charge on any atom is 0.305 e. The number of likely N-dealkylation sites (N-methyl/N-ethyl adjacent to an activating group) is 1. The number of nitrogens with zero attached hydrogens (tertiary/aromatic N) is 2. The number of hydrogen-bond donors (Lipinski definition) is 2. The van der Waals surface area contributed by atoms with E-state index in [-0.39, 0.29) is 42.6 Å². The van der Waals surface area contributed by atoms with Gasteiger partial charge in [0.1, 0.15) is 12.1 Å². The lowest BCUT2D eigenvalue weighted by Crippen LogP contribution is -2.63. The van der Waals surface area contributed by atoms with Crippen LogP contribution in [0.3, 0.4) is 0 Å². The SMILES string of the molecule is COC(=O)CC[C@H](NC(=O)[C@@H]1CCCCN1C(=O)CN(C)C)C(=O)NC12CC3CC(CC(C3)C1)C2. The zero-order chi connectivity index (χ0) is 25.2. The minimum Gasteiger partial charge on any atom is -0.469 e. The van der Waals surface area contributed by atoms with Crippen LogP contribution in [-0.4, -0.2) is 85.4 Å². The van der Waals surface area contributed by atoms with E-state index in [1.165, 1.54) is 26.4 Å². The van der Waals surface area contributed by atoms with Gasteiger partial charge in [-0.1, -0.05) is 0 Å². The Kier molecular flexibility index (Phi) is 8.03. The first-order valence-corrected chi connectivity index (χ1v) is 13.3. The van der Waals surface area contributed by atoms with Crippen molar-refractivity contribution < 1.29 is 23.9 Å². The standard InChI is InChI=1S/C26H42N4O5/c1-29(2)16-22(31)30-9-5-4-6-21(30)25(34)27-20(7-8-23(32)35-3)24(33)28-26-13-17-10-18(14-26)12-19(11-17)15-26/h17-21H,4-16H2,1-3H3,(H,27,34)(H,28,33)/t17?,18?,19?,20-,21-,26?/m0/s1. The Labute approximate surface area is 208 Å². The number of piperidine rings is 1. The zero-order valence-corrected chi connectivity index (χ0v) is 21.5. The molecule has 0 unspecified atom stereocenters. The first-order chi connectivity index (χ1) is 16.7. The molecule has 5 aliphatic rings. The number of ether oxygens (including phenoxy) is 1. The normalized spacial score (nSPS) is 32.3. The molecule has 1 saturated heterocycles. The fourth-order valence-corrected chi connectivity index (χ4v) is 7.38. The Morgan fingerprint density at radius 2 is 1.66 bits per heavy atom. The Balaban J connectivity index is 1.44. The molecule has 0 aromatic rings. The van der Waals surface area contributed by atoms with Gasteiger partial charge in [0.05, 0.1) is 13.7 Å². The van der Waals surface area contributed by atoms with Crippen molar-refractivity contribution in [1.82, 2.24) is 20.4 Å². The molecule has 4 bridgehead atoms. The van der Waals surface area contributed by atoms with Gasteiger partial charge in [-0.25, -0.2) is 0 Å². The third kappa shape index (κ3) is 6.16. The lowest BCUT2D eigenvalue weighted by Gasteiger charge is -2.57. The molecule has 1 aliphatic heterocycles. The Morgan fingerprint density at radius 3 is 2.23 bits per heavy atom. The number of amides is 3. The van der Waals surface area contributed by atoms with Crippen molar-refractivity contribution in [3.8, 4) is 0 Å². The summed E-state index contributed by atoms with van der Waals surface area (Å²) < 4.78 is 4.78. The van der Waals surface area contributed by atoms with Gasteiger partial charge in [0, 0.05) is 18.5 Å². The third-order valence-corrected chi connectivity index (χ3v) is 8.50. The average Bonchev–Trinajstić information content (AvgIpc) is 2.79. The van der Waals surface area contributed by atoms with Crippen molar-refractivity contribution in [2.24, 2.45) is 17.8 Å². The lowest BCUT2D eigenvalue weighted by molar-refractivity contribution is -0.144. The average molecular weight is 491 g/mol. The molecule has 5 rings (SSSR count). The van der Waals surface area contributed by atoms with Crippen LogP contribution in [0.25, 0.3) is 0 Å². The molecule has 1 heterocycles. The Morgan fingerprint density at radius 1 is 1.03 bits per heavy atom. The van der Waals surface area contributed by atoms with Crippen molar-refractivity contribution in [3.63, 3.8) is 0 Å². The van der Waals surface area contributed by atoms with E-state index in [0.29, 0.717) is 30.7 Å². The van der Waals surface area contributed by atoms with E-state index in [0.717, 1.165) is 32.1 Å². The minimum absolute atomic E-state index is 0.0453. The number of hydrogen-bond acceptors (Lipinski definition) is 6. The van der Waals surface area contributed by atoms with Crippen molar-refractivity contribution >= 4 is 23.7 Å². The fraction of sp³-hybridized carbons (Fsp3) is 0.846. The quantitative estimate of drug-likeness (QED) is 0.474. The van der Waals surface area contributed by atoms with Crippen molar-refractivity contribution in [3.05, 3.63) is 0 Å². The molecule has 4 saturated carbocycles. The summed E-state index contributed by atoms with van der Waals surface area (Å²) in [7, 11) is 4.98. The van der Waals surface area contributed by atoms with Gasteiger partial charge in [-0.05, 0) is 96.1 Å². The van der Waals surface area contributed by atoms with Gasteiger partial charge in [0.15, 0.2) is 0 Å². The fourth-order valence-electron chi connectivity index (χ4n) is 7.38. The van der Waals surface area contributed by atoms with Gasteiger partial charge < -0.3 is 25.2 Å². The van der Waals surface area contributed by atoms with E-state index >= 15 is 0 Å². The number of methoxy groups -OCH3 is 1. The van der Waals surface area contributed by atoms with Crippen molar-refractivity contribution in [2.45, 2.75) is 88.3 Å². The number of esters is 1. The van der Waals surface area contributed by atoms with Gasteiger partial charge in [0.25, 0.3) is 0 Å². The molecule has 0 spiro atoms.